The summed E-state index contributed by atoms with van der Waals surface area (Å²) in [5.41, 5.74) is 2.98. The molecule has 0 spiro atoms. The van der Waals surface area contributed by atoms with E-state index in [9.17, 15) is 9.59 Å². The molecule has 0 bridgehead atoms. The maximum Gasteiger partial charge on any atom is 0.300 e. The highest BCUT2D eigenvalue weighted by molar-refractivity contribution is 7.99. The summed E-state index contributed by atoms with van der Waals surface area (Å²) in [7, 11) is 0. The number of amides is 1. The molecule has 0 saturated carbocycles. The van der Waals surface area contributed by atoms with Gasteiger partial charge in [-0.25, -0.2) is 0 Å². The third-order valence-corrected chi connectivity index (χ3v) is 5.52. The Hall–Kier alpha value is -3.33. The Morgan fingerprint density at radius 2 is 2.03 bits per heavy atom. The van der Waals surface area contributed by atoms with Gasteiger partial charge in [0.1, 0.15) is 5.76 Å². The van der Waals surface area contributed by atoms with E-state index in [1.807, 2.05) is 32.0 Å². The minimum Gasteiger partial charge on any atom is -0.467 e. The van der Waals surface area contributed by atoms with Crippen molar-refractivity contribution in [2.45, 2.75) is 25.5 Å². The molecule has 3 aromatic heterocycles. The summed E-state index contributed by atoms with van der Waals surface area (Å²) in [5.74, 6) is 0.677. The van der Waals surface area contributed by atoms with Crippen LogP contribution in [0.25, 0.3) is 11.3 Å². The summed E-state index contributed by atoms with van der Waals surface area (Å²) in [6.07, 6.45) is 4.97. The van der Waals surface area contributed by atoms with Crippen LogP contribution in [0.5, 0.6) is 0 Å². The lowest BCUT2D eigenvalue weighted by Gasteiger charge is -2.08. The fraction of sp³-hybridized carbons (Fsp3) is 0.200. The molecule has 3 heterocycles. The molecule has 4 aromatic rings. The van der Waals surface area contributed by atoms with E-state index in [-0.39, 0.29) is 22.9 Å². The van der Waals surface area contributed by atoms with Gasteiger partial charge in [-0.05, 0) is 49.2 Å². The van der Waals surface area contributed by atoms with Crippen LogP contribution in [0.3, 0.4) is 0 Å². The normalized spacial score (nSPS) is 11.1. The number of nitrogens with zero attached hydrogens (tertiary/aromatic N) is 4. The zero-order valence-electron chi connectivity index (χ0n) is 16.0. The number of fused-ring (bicyclic) bond motifs is 1. The van der Waals surface area contributed by atoms with Crippen LogP contribution in [0.4, 0.5) is 0 Å². The third kappa shape index (κ3) is 3.95. The molecule has 0 fully saturated rings. The van der Waals surface area contributed by atoms with Gasteiger partial charge < -0.3 is 9.73 Å². The molecule has 0 radical (unpaired) electrons. The van der Waals surface area contributed by atoms with Crippen molar-refractivity contribution in [1.82, 2.24) is 24.5 Å². The molecule has 4 rings (SSSR count). The smallest absolute Gasteiger partial charge is 0.300 e. The van der Waals surface area contributed by atoms with Crippen LogP contribution in [0, 0.1) is 13.8 Å². The summed E-state index contributed by atoms with van der Waals surface area (Å²) >= 11 is 1.22. The zero-order valence-corrected chi connectivity index (χ0v) is 16.8. The lowest BCUT2D eigenvalue weighted by molar-refractivity contribution is -0.118. The van der Waals surface area contributed by atoms with Crippen LogP contribution in [0.15, 0.2) is 63.4 Å². The number of nitrogens with one attached hydrogen (secondary N) is 1. The molecule has 1 aromatic carbocycles. The molecule has 0 unspecified atom stereocenters. The Morgan fingerprint density at radius 3 is 2.79 bits per heavy atom. The highest BCUT2D eigenvalue weighted by Crippen LogP contribution is 2.17. The fourth-order valence-corrected chi connectivity index (χ4v) is 3.57. The predicted octanol–water partition coefficient (Wildman–Crippen LogP) is 2.50. The van der Waals surface area contributed by atoms with Crippen molar-refractivity contribution in [2.75, 3.05) is 5.75 Å². The molecule has 9 heteroatoms. The van der Waals surface area contributed by atoms with Crippen molar-refractivity contribution in [2.24, 2.45) is 0 Å². The Morgan fingerprint density at radius 1 is 1.17 bits per heavy atom. The van der Waals surface area contributed by atoms with Gasteiger partial charge in [-0.2, -0.15) is 0 Å². The molecule has 29 heavy (non-hydrogen) atoms. The highest BCUT2D eigenvalue weighted by atomic mass is 32.2. The number of hydrogen-bond acceptors (Lipinski definition) is 6. The SMILES string of the molecule is Cc1ccc(-n2ccn3c(SCC(=O)NCc4ccco4)nnc3c2=O)cc1C. The van der Waals surface area contributed by atoms with Gasteiger partial charge >= 0.3 is 5.56 Å². The maximum absolute atomic E-state index is 12.9. The summed E-state index contributed by atoms with van der Waals surface area (Å²) in [5, 5.41) is 11.3. The minimum atomic E-state index is -0.266. The second-order valence-electron chi connectivity index (χ2n) is 6.56. The molecule has 0 atom stereocenters. The van der Waals surface area contributed by atoms with Crippen molar-refractivity contribution in [3.8, 4) is 5.69 Å². The van der Waals surface area contributed by atoms with Crippen molar-refractivity contribution in [3.05, 3.63) is 76.2 Å². The lowest BCUT2D eigenvalue weighted by Crippen LogP contribution is -2.24. The Labute approximate surface area is 170 Å². The number of aromatic nitrogens is 4. The number of thioether (sulfide) groups is 1. The number of benzene rings is 1. The second-order valence-corrected chi connectivity index (χ2v) is 7.51. The second kappa shape index (κ2) is 7.96. The molecule has 0 aliphatic heterocycles. The first-order valence-corrected chi connectivity index (χ1v) is 9.97. The summed E-state index contributed by atoms with van der Waals surface area (Å²) < 4.78 is 8.33. The standard InChI is InChI=1S/C20H19N5O3S/c1-13-5-6-15(10-14(13)2)24-7-8-25-18(19(24)27)22-23-20(25)29-12-17(26)21-11-16-4-3-9-28-16/h3-10H,11-12H2,1-2H3,(H,21,26). The van der Waals surface area contributed by atoms with Gasteiger partial charge in [-0.15, -0.1) is 10.2 Å². The average molecular weight is 409 g/mol. The average Bonchev–Trinajstić information content (AvgIpc) is 3.37. The van der Waals surface area contributed by atoms with Gasteiger partial charge in [0.05, 0.1) is 18.6 Å². The first-order valence-electron chi connectivity index (χ1n) is 8.99. The number of carbonyl (C=O) groups excluding carboxylic acids is 1. The summed E-state index contributed by atoms with van der Waals surface area (Å²) in [4.78, 5) is 24.9. The van der Waals surface area contributed by atoms with Gasteiger partial charge in [0.2, 0.25) is 11.6 Å². The van der Waals surface area contributed by atoms with Gasteiger partial charge in [-0.1, -0.05) is 17.8 Å². The van der Waals surface area contributed by atoms with Crippen LogP contribution >= 0.6 is 11.8 Å². The van der Waals surface area contributed by atoms with E-state index in [1.165, 1.54) is 11.8 Å². The van der Waals surface area contributed by atoms with Crippen molar-refractivity contribution >= 4 is 23.3 Å². The Kier molecular flexibility index (Phi) is 5.22. The largest absolute Gasteiger partial charge is 0.467 e. The molecule has 1 N–H and O–H groups in total. The maximum atomic E-state index is 12.9. The first kappa shape index (κ1) is 19.0. The predicted molar refractivity (Wildman–Crippen MR) is 109 cm³/mol. The lowest BCUT2D eigenvalue weighted by atomic mass is 10.1. The Bertz CT molecular complexity index is 1230. The van der Waals surface area contributed by atoms with Crippen LogP contribution in [0.2, 0.25) is 0 Å². The van der Waals surface area contributed by atoms with Gasteiger partial charge in [0.25, 0.3) is 0 Å². The van der Waals surface area contributed by atoms with Crippen LogP contribution < -0.4 is 10.9 Å². The number of rotatable bonds is 6. The quantitative estimate of drug-likeness (QED) is 0.492. The van der Waals surface area contributed by atoms with E-state index in [0.29, 0.717) is 17.5 Å². The van der Waals surface area contributed by atoms with E-state index in [0.717, 1.165) is 16.8 Å². The molecule has 0 aliphatic rings. The zero-order chi connectivity index (χ0) is 20.4. The van der Waals surface area contributed by atoms with E-state index < -0.39 is 0 Å². The molecular weight excluding hydrogens is 390 g/mol. The summed E-state index contributed by atoms with van der Waals surface area (Å²) in [6, 6.07) is 9.40. The monoisotopic (exact) mass is 409 g/mol. The van der Waals surface area contributed by atoms with Crippen LogP contribution in [-0.2, 0) is 11.3 Å². The van der Waals surface area contributed by atoms with Crippen molar-refractivity contribution in [1.29, 1.82) is 0 Å². The third-order valence-electron chi connectivity index (χ3n) is 4.58. The fourth-order valence-electron chi connectivity index (χ4n) is 2.82. The van der Waals surface area contributed by atoms with Crippen molar-refractivity contribution < 1.29 is 9.21 Å². The molecular formula is C20H19N5O3S. The first-order chi connectivity index (χ1) is 14.0. The molecule has 0 saturated heterocycles. The highest BCUT2D eigenvalue weighted by Gasteiger charge is 2.14. The van der Waals surface area contributed by atoms with E-state index >= 15 is 0 Å². The van der Waals surface area contributed by atoms with E-state index in [2.05, 4.69) is 15.5 Å². The van der Waals surface area contributed by atoms with Crippen LogP contribution in [-0.4, -0.2) is 30.8 Å². The van der Waals surface area contributed by atoms with Gasteiger partial charge in [0.15, 0.2) is 5.16 Å². The van der Waals surface area contributed by atoms with Crippen LogP contribution in [0.1, 0.15) is 16.9 Å². The number of aryl methyl sites for hydroxylation is 2. The molecule has 0 aliphatic carbocycles. The Balaban J connectivity index is 1.50. The van der Waals surface area contributed by atoms with Gasteiger partial charge in [0, 0.05) is 18.1 Å². The molecule has 148 valence electrons. The number of furan rings is 1. The molecule has 1 amide bonds. The van der Waals surface area contributed by atoms with Crippen molar-refractivity contribution in [3.63, 3.8) is 0 Å². The van der Waals surface area contributed by atoms with Gasteiger partial charge in [-0.3, -0.25) is 18.6 Å². The number of carbonyl (C=O) groups is 1. The van der Waals surface area contributed by atoms with E-state index in [4.69, 9.17) is 4.42 Å². The minimum absolute atomic E-state index is 0.155. The van der Waals surface area contributed by atoms with E-state index in [1.54, 1.807) is 39.8 Å². The summed E-state index contributed by atoms with van der Waals surface area (Å²) in [6.45, 7) is 4.36. The topological polar surface area (TPSA) is 94.4 Å². The number of hydrogen-bond donors (Lipinski definition) is 1. The molecule has 8 nitrogen and oxygen atoms in total.